The van der Waals surface area contributed by atoms with Crippen molar-refractivity contribution in [2.45, 2.75) is 70.9 Å². The van der Waals surface area contributed by atoms with E-state index in [1.807, 2.05) is 0 Å². The zero-order valence-corrected chi connectivity index (χ0v) is 25.7. The SMILES string of the molecule is CCc1cn([C@@H]2O[C@H](CNC(=O)[C@H](C)Oc3c(Cl)cc(Cl)c(OC)c3Cl)[C@@H](OC(=O)[C@@H](N)C(C)C)[C@@H]2F)c(=O)[nH]c1=O. The van der Waals surface area contributed by atoms with Crippen molar-refractivity contribution in [2.24, 2.45) is 11.7 Å². The second kappa shape index (κ2) is 14.1. The van der Waals surface area contributed by atoms with E-state index in [4.69, 9.17) is 59.5 Å². The van der Waals surface area contributed by atoms with E-state index in [-0.39, 0.29) is 51.0 Å². The molecule has 0 unspecified atom stereocenters. The van der Waals surface area contributed by atoms with Gasteiger partial charge in [-0.05, 0) is 25.3 Å². The van der Waals surface area contributed by atoms with Gasteiger partial charge in [0, 0.05) is 18.3 Å². The highest BCUT2D eigenvalue weighted by Crippen LogP contribution is 2.45. The normalized spacial score (nSPS) is 21.6. The van der Waals surface area contributed by atoms with Crippen LogP contribution in [-0.4, -0.2) is 65.6 Å². The second-order valence-electron chi connectivity index (χ2n) is 9.88. The molecule has 16 heteroatoms. The summed E-state index contributed by atoms with van der Waals surface area (Å²) in [6.07, 6.45) is -6.19. The number of nitrogens with two attached hydrogens (primary N) is 1. The average Bonchev–Trinajstić information content (AvgIpc) is 3.23. The van der Waals surface area contributed by atoms with Crippen molar-refractivity contribution in [3.63, 3.8) is 0 Å². The van der Waals surface area contributed by atoms with Gasteiger partial charge in [0.25, 0.3) is 11.5 Å². The van der Waals surface area contributed by atoms with Gasteiger partial charge in [-0.2, -0.15) is 0 Å². The Labute approximate surface area is 255 Å². The number of halogens is 4. The molecule has 0 saturated carbocycles. The minimum absolute atomic E-state index is 0.0268. The van der Waals surface area contributed by atoms with Crippen molar-refractivity contribution in [3.8, 4) is 11.5 Å². The molecule has 42 heavy (non-hydrogen) atoms. The molecule has 6 atom stereocenters. The molecule has 0 spiro atoms. The standard InChI is InChI=1S/C26H32Cl3FN4O8/c1-6-12-9-34(26(38)33-23(12)36)24-17(30)21(42-25(37)18(31)10(2)3)15(41-24)8-32-22(35)11(4)40-20-14(28)7-13(27)19(39-5)16(20)29/h7,9-11,15,17-18,21,24H,6,8,31H2,1-5H3,(H,32,35)(H,33,36,38)/t11-,15+,17-,18-,21+,24+/m0/s1. The lowest BCUT2D eigenvalue weighted by Crippen LogP contribution is -2.47. The number of rotatable bonds is 11. The topological polar surface area (TPSA) is 164 Å². The third-order valence-corrected chi connectivity index (χ3v) is 7.54. The minimum Gasteiger partial charge on any atom is -0.493 e. The summed E-state index contributed by atoms with van der Waals surface area (Å²) in [6.45, 7) is 6.11. The van der Waals surface area contributed by atoms with Crippen LogP contribution in [0, 0.1) is 5.92 Å². The van der Waals surface area contributed by atoms with Gasteiger partial charge in [0.1, 0.15) is 17.2 Å². The van der Waals surface area contributed by atoms with Gasteiger partial charge in [-0.15, -0.1) is 0 Å². The molecule has 1 aliphatic rings. The summed E-state index contributed by atoms with van der Waals surface area (Å²) in [5.74, 6) is -1.85. The molecule has 0 radical (unpaired) electrons. The van der Waals surface area contributed by atoms with Crippen molar-refractivity contribution < 1.29 is 32.9 Å². The number of methoxy groups -OCH3 is 1. The fourth-order valence-electron chi connectivity index (χ4n) is 4.10. The van der Waals surface area contributed by atoms with E-state index in [0.29, 0.717) is 0 Å². The molecule has 1 amide bonds. The van der Waals surface area contributed by atoms with E-state index in [9.17, 15) is 19.2 Å². The zero-order valence-electron chi connectivity index (χ0n) is 23.4. The van der Waals surface area contributed by atoms with E-state index in [1.54, 1.807) is 20.8 Å². The third-order valence-electron chi connectivity index (χ3n) is 6.64. The molecule has 1 aromatic carbocycles. The zero-order chi connectivity index (χ0) is 31.5. The molecule has 0 bridgehead atoms. The van der Waals surface area contributed by atoms with Crippen molar-refractivity contribution in [3.05, 3.63) is 53.7 Å². The highest BCUT2D eigenvalue weighted by molar-refractivity contribution is 6.42. The fraction of sp³-hybridized carbons (Fsp3) is 0.538. The number of benzene rings is 1. The third kappa shape index (κ3) is 7.20. The number of nitrogens with one attached hydrogen (secondary N) is 2. The molecule has 1 aliphatic heterocycles. The molecule has 1 aromatic heterocycles. The fourth-order valence-corrected chi connectivity index (χ4v) is 5.11. The lowest BCUT2D eigenvalue weighted by molar-refractivity contribution is -0.156. The van der Waals surface area contributed by atoms with Crippen LogP contribution in [0.4, 0.5) is 4.39 Å². The molecule has 2 heterocycles. The van der Waals surface area contributed by atoms with Crippen LogP contribution in [0.1, 0.15) is 39.5 Å². The first-order valence-corrected chi connectivity index (χ1v) is 14.1. The summed E-state index contributed by atoms with van der Waals surface area (Å²) in [5.41, 5.74) is 4.55. The lowest BCUT2D eigenvalue weighted by Gasteiger charge is -2.24. The van der Waals surface area contributed by atoms with Gasteiger partial charge >= 0.3 is 11.7 Å². The number of carbonyl (C=O) groups is 2. The van der Waals surface area contributed by atoms with Gasteiger partial charge in [0.2, 0.25) is 0 Å². The van der Waals surface area contributed by atoms with Gasteiger partial charge in [-0.25, -0.2) is 9.18 Å². The van der Waals surface area contributed by atoms with E-state index in [1.165, 1.54) is 26.3 Å². The molecule has 232 valence electrons. The molecule has 0 aliphatic carbocycles. The summed E-state index contributed by atoms with van der Waals surface area (Å²) in [7, 11) is 1.34. The van der Waals surface area contributed by atoms with Crippen LogP contribution in [-0.2, 0) is 25.5 Å². The number of aryl methyl sites for hydroxylation is 1. The smallest absolute Gasteiger partial charge is 0.330 e. The number of aromatic amines is 1. The predicted octanol–water partition coefficient (Wildman–Crippen LogP) is 2.78. The van der Waals surface area contributed by atoms with Crippen LogP contribution in [0.15, 0.2) is 21.9 Å². The van der Waals surface area contributed by atoms with Gasteiger partial charge in [-0.3, -0.25) is 23.9 Å². The van der Waals surface area contributed by atoms with Crippen molar-refractivity contribution in [2.75, 3.05) is 13.7 Å². The van der Waals surface area contributed by atoms with Gasteiger partial charge < -0.3 is 30.0 Å². The Morgan fingerprint density at radius 3 is 2.43 bits per heavy atom. The number of carbonyl (C=O) groups excluding carboxylic acids is 2. The lowest BCUT2D eigenvalue weighted by atomic mass is 10.1. The molecular formula is C26H32Cl3FN4O8. The molecule has 4 N–H and O–H groups in total. The maximum Gasteiger partial charge on any atom is 0.330 e. The van der Waals surface area contributed by atoms with Crippen LogP contribution in [0.3, 0.4) is 0 Å². The minimum atomic E-state index is -2.06. The average molecular weight is 654 g/mol. The second-order valence-corrected chi connectivity index (χ2v) is 11.1. The first kappa shape index (κ1) is 33.7. The Kier molecular flexibility index (Phi) is 11.3. The Bertz CT molecular complexity index is 1440. The molecule has 2 aromatic rings. The number of hydrogen-bond acceptors (Lipinski definition) is 9. The molecule has 12 nitrogen and oxygen atoms in total. The van der Waals surface area contributed by atoms with Crippen LogP contribution >= 0.6 is 34.8 Å². The van der Waals surface area contributed by atoms with E-state index < -0.39 is 59.9 Å². The summed E-state index contributed by atoms with van der Waals surface area (Å²) >= 11 is 18.5. The van der Waals surface area contributed by atoms with Crippen LogP contribution in [0.5, 0.6) is 11.5 Å². The van der Waals surface area contributed by atoms with Crippen molar-refractivity contribution in [1.29, 1.82) is 0 Å². The van der Waals surface area contributed by atoms with Crippen molar-refractivity contribution >= 4 is 46.7 Å². The number of aromatic nitrogens is 2. The molecule has 3 rings (SSSR count). The number of esters is 1. The van der Waals surface area contributed by atoms with E-state index in [2.05, 4.69) is 10.3 Å². The molecule has 1 saturated heterocycles. The maximum absolute atomic E-state index is 15.8. The van der Waals surface area contributed by atoms with Crippen LogP contribution in [0.2, 0.25) is 15.1 Å². The highest BCUT2D eigenvalue weighted by atomic mass is 35.5. The number of amides is 1. The van der Waals surface area contributed by atoms with Crippen LogP contribution in [0.25, 0.3) is 0 Å². The van der Waals surface area contributed by atoms with Gasteiger partial charge in [-0.1, -0.05) is 55.6 Å². The van der Waals surface area contributed by atoms with E-state index in [0.717, 1.165) is 4.57 Å². The predicted molar refractivity (Wildman–Crippen MR) is 153 cm³/mol. The van der Waals surface area contributed by atoms with Crippen molar-refractivity contribution in [1.82, 2.24) is 14.9 Å². The summed E-state index contributed by atoms with van der Waals surface area (Å²) < 4.78 is 38.7. The molecular weight excluding hydrogens is 622 g/mol. The largest absolute Gasteiger partial charge is 0.493 e. The maximum atomic E-state index is 15.8. The Morgan fingerprint density at radius 1 is 1.19 bits per heavy atom. The summed E-state index contributed by atoms with van der Waals surface area (Å²) in [4.78, 5) is 52.2. The Morgan fingerprint density at radius 2 is 1.83 bits per heavy atom. The Balaban J connectivity index is 1.82. The van der Waals surface area contributed by atoms with Gasteiger partial charge in [0.05, 0.1) is 17.2 Å². The van der Waals surface area contributed by atoms with Crippen LogP contribution < -0.4 is 31.8 Å². The number of ether oxygens (including phenoxy) is 4. The van der Waals surface area contributed by atoms with E-state index >= 15 is 4.39 Å². The first-order valence-electron chi connectivity index (χ1n) is 13.0. The Hall–Kier alpha value is -2.84. The molecule has 1 fully saturated rings. The first-order chi connectivity index (χ1) is 19.7. The number of hydrogen-bond donors (Lipinski definition) is 3. The number of H-pyrrole nitrogens is 1. The number of alkyl halides is 1. The summed E-state index contributed by atoms with van der Waals surface area (Å²) in [5, 5.41) is 2.66. The van der Waals surface area contributed by atoms with Gasteiger partial charge in [0.15, 0.2) is 36.1 Å². The highest BCUT2D eigenvalue weighted by Gasteiger charge is 2.49. The summed E-state index contributed by atoms with van der Waals surface area (Å²) in [6, 6.07) is 0.277. The number of nitrogens with zero attached hydrogens (tertiary/aromatic N) is 1. The monoisotopic (exact) mass is 652 g/mol. The quantitative estimate of drug-likeness (QED) is 0.310.